The van der Waals surface area contributed by atoms with Gasteiger partial charge in [0.1, 0.15) is 4.88 Å². The Morgan fingerprint density at radius 3 is 2.95 bits per heavy atom. The van der Waals surface area contributed by atoms with Crippen LogP contribution in [0.15, 0.2) is 0 Å². The summed E-state index contributed by atoms with van der Waals surface area (Å²) in [6.07, 6.45) is 3.44. The number of carbonyl (C=O) groups is 1. The highest BCUT2D eigenvalue weighted by Gasteiger charge is 2.26. The Morgan fingerprint density at radius 2 is 2.32 bits per heavy atom. The highest BCUT2D eigenvalue weighted by molar-refractivity contribution is 7.08. The maximum absolute atomic E-state index is 12.1. The fraction of sp³-hybridized carbons (Fsp3) is 0.769. The summed E-state index contributed by atoms with van der Waals surface area (Å²) < 4.78 is 3.91. The molecule has 2 N–H and O–H groups in total. The van der Waals surface area contributed by atoms with Crippen LogP contribution >= 0.6 is 11.5 Å². The molecule has 1 aliphatic heterocycles. The molecule has 19 heavy (non-hydrogen) atoms. The normalized spacial score (nSPS) is 19.6. The monoisotopic (exact) mass is 282 g/mol. The minimum absolute atomic E-state index is 0.0436. The molecule has 0 unspecified atom stereocenters. The molecule has 0 radical (unpaired) electrons. The fourth-order valence-electron chi connectivity index (χ4n) is 2.27. The van der Waals surface area contributed by atoms with Gasteiger partial charge >= 0.3 is 0 Å². The molecule has 0 bridgehead atoms. The molecule has 2 rings (SSSR count). The van der Waals surface area contributed by atoms with Crippen molar-refractivity contribution >= 4 is 17.4 Å². The van der Waals surface area contributed by atoms with Gasteiger partial charge in [-0.05, 0) is 37.3 Å². The Bertz CT molecular complexity index is 432. The van der Waals surface area contributed by atoms with Gasteiger partial charge in [0.2, 0.25) is 0 Å². The van der Waals surface area contributed by atoms with Crippen molar-refractivity contribution in [2.45, 2.75) is 51.5 Å². The van der Waals surface area contributed by atoms with Gasteiger partial charge in [-0.2, -0.15) is 0 Å². The molecule has 1 aliphatic rings. The van der Waals surface area contributed by atoms with E-state index < -0.39 is 0 Å². The number of carbonyl (C=O) groups excluding carboxylic acids is 1. The highest BCUT2D eigenvalue weighted by Crippen LogP contribution is 2.25. The van der Waals surface area contributed by atoms with Gasteiger partial charge in [-0.15, -0.1) is 5.10 Å². The Balaban J connectivity index is 1.87. The smallest absolute Gasteiger partial charge is 0.264 e. The van der Waals surface area contributed by atoms with Crippen molar-refractivity contribution in [3.63, 3.8) is 0 Å². The third kappa shape index (κ3) is 3.73. The van der Waals surface area contributed by atoms with Crippen molar-refractivity contribution < 1.29 is 4.79 Å². The molecule has 106 valence electrons. The summed E-state index contributed by atoms with van der Waals surface area (Å²) in [5, 5.41) is 10.5. The van der Waals surface area contributed by atoms with E-state index in [0.717, 1.165) is 18.7 Å². The van der Waals surface area contributed by atoms with Crippen molar-refractivity contribution in [1.29, 1.82) is 0 Å². The number of amides is 1. The lowest BCUT2D eigenvalue weighted by Crippen LogP contribution is -2.31. The maximum atomic E-state index is 12.1. The van der Waals surface area contributed by atoms with Gasteiger partial charge in [0.25, 0.3) is 5.91 Å². The molecule has 0 spiro atoms. The van der Waals surface area contributed by atoms with Gasteiger partial charge in [0.05, 0.1) is 5.69 Å². The molecule has 0 aromatic carbocycles. The molecule has 0 saturated carbocycles. The summed E-state index contributed by atoms with van der Waals surface area (Å²) >= 11 is 1.18. The van der Waals surface area contributed by atoms with Crippen molar-refractivity contribution in [2.24, 2.45) is 0 Å². The van der Waals surface area contributed by atoms with Crippen LogP contribution in [0.25, 0.3) is 0 Å². The first-order chi connectivity index (χ1) is 8.98. The summed E-state index contributed by atoms with van der Waals surface area (Å²) in [4.78, 5) is 12.8. The topological polar surface area (TPSA) is 66.9 Å². The number of aromatic nitrogens is 2. The maximum Gasteiger partial charge on any atom is 0.264 e. The van der Waals surface area contributed by atoms with E-state index >= 15 is 0 Å². The Labute approximate surface area is 118 Å². The zero-order valence-corrected chi connectivity index (χ0v) is 12.6. The first-order valence-corrected chi connectivity index (χ1v) is 7.60. The first-order valence-electron chi connectivity index (χ1n) is 6.83. The molecule has 6 heteroatoms. The van der Waals surface area contributed by atoms with Crippen LogP contribution in [0.2, 0.25) is 0 Å². The second-order valence-corrected chi connectivity index (χ2v) is 6.79. The number of hydrogen-bond donors (Lipinski definition) is 2. The fourth-order valence-corrected chi connectivity index (χ4v) is 3.07. The molecule has 5 nitrogen and oxygen atoms in total. The molecule has 0 aliphatic carbocycles. The van der Waals surface area contributed by atoms with Crippen LogP contribution in [-0.2, 0) is 5.41 Å². The van der Waals surface area contributed by atoms with Crippen LogP contribution in [0, 0.1) is 0 Å². The summed E-state index contributed by atoms with van der Waals surface area (Å²) in [7, 11) is 0. The van der Waals surface area contributed by atoms with Crippen LogP contribution in [0.5, 0.6) is 0 Å². The minimum atomic E-state index is -0.146. The van der Waals surface area contributed by atoms with E-state index in [0.29, 0.717) is 17.5 Å². The van der Waals surface area contributed by atoms with Crippen LogP contribution in [0.4, 0.5) is 0 Å². The third-order valence-electron chi connectivity index (χ3n) is 3.35. The Hall–Kier alpha value is -1.01. The van der Waals surface area contributed by atoms with Gasteiger partial charge in [0, 0.05) is 18.0 Å². The summed E-state index contributed by atoms with van der Waals surface area (Å²) in [5.74, 6) is -0.0436. The zero-order chi connectivity index (χ0) is 13.9. The first kappa shape index (κ1) is 14.4. The predicted octanol–water partition coefficient (Wildman–Crippen LogP) is 1.71. The van der Waals surface area contributed by atoms with Gasteiger partial charge in [-0.3, -0.25) is 4.79 Å². The number of nitrogens with zero attached hydrogens (tertiary/aromatic N) is 2. The van der Waals surface area contributed by atoms with Crippen molar-refractivity contribution in [2.75, 3.05) is 13.1 Å². The van der Waals surface area contributed by atoms with Gasteiger partial charge in [0.15, 0.2) is 0 Å². The molecule has 1 atom stereocenters. The van der Waals surface area contributed by atoms with Gasteiger partial charge in [-0.1, -0.05) is 25.3 Å². The lowest BCUT2D eigenvalue weighted by atomic mass is 9.91. The Morgan fingerprint density at radius 1 is 1.53 bits per heavy atom. The predicted molar refractivity (Wildman–Crippen MR) is 76.6 cm³/mol. The number of rotatable bonds is 4. The number of hydrogen-bond acceptors (Lipinski definition) is 5. The molecule has 1 aromatic rings. The summed E-state index contributed by atoms with van der Waals surface area (Å²) in [6, 6.07) is 0.557. The average Bonchev–Trinajstić information content (AvgIpc) is 2.98. The lowest BCUT2D eigenvalue weighted by molar-refractivity contribution is 0.0954. The summed E-state index contributed by atoms with van der Waals surface area (Å²) in [5.41, 5.74) is 0.640. The minimum Gasteiger partial charge on any atom is -0.351 e. The largest absolute Gasteiger partial charge is 0.351 e. The van der Waals surface area contributed by atoms with E-state index in [9.17, 15) is 4.79 Å². The van der Waals surface area contributed by atoms with E-state index in [-0.39, 0.29) is 11.3 Å². The molecular weight excluding hydrogens is 260 g/mol. The highest BCUT2D eigenvalue weighted by atomic mass is 32.1. The van der Waals surface area contributed by atoms with Crippen molar-refractivity contribution in [3.05, 3.63) is 10.6 Å². The second kappa shape index (κ2) is 5.96. The second-order valence-electron chi connectivity index (χ2n) is 6.04. The third-order valence-corrected chi connectivity index (χ3v) is 4.07. The van der Waals surface area contributed by atoms with Crippen LogP contribution in [-0.4, -0.2) is 34.6 Å². The molecule has 1 saturated heterocycles. The SMILES string of the molecule is CC(C)(C)c1nnsc1C(=O)NCC[C@H]1CCCN1. The summed E-state index contributed by atoms with van der Waals surface area (Å²) in [6.45, 7) is 7.94. The molecule has 1 aromatic heterocycles. The molecule has 2 heterocycles. The standard InChI is InChI=1S/C13H22N4OS/c1-13(2,3)11-10(19-17-16-11)12(18)15-8-6-9-5-4-7-14-9/h9,14H,4-8H2,1-3H3,(H,15,18)/t9-/m1/s1. The van der Waals surface area contributed by atoms with Crippen LogP contribution in [0.1, 0.15) is 55.4 Å². The van der Waals surface area contributed by atoms with Crippen molar-refractivity contribution in [3.8, 4) is 0 Å². The van der Waals surface area contributed by atoms with E-state index in [1.54, 1.807) is 0 Å². The molecule has 1 fully saturated rings. The zero-order valence-electron chi connectivity index (χ0n) is 11.8. The van der Waals surface area contributed by atoms with E-state index in [2.05, 4.69) is 20.2 Å². The molecular formula is C13H22N4OS. The van der Waals surface area contributed by atoms with Crippen molar-refractivity contribution in [1.82, 2.24) is 20.2 Å². The van der Waals surface area contributed by atoms with Crippen LogP contribution < -0.4 is 10.6 Å². The van der Waals surface area contributed by atoms with Gasteiger partial charge in [-0.25, -0.2) is 0 Å². The Kier molecular flexibility index (Phi) is 4.52. The lowest BCUT2D eigenvalue weighted by Gasteiger charge is -2.16. The average molecular weight is 282 g/mol. The van der Waals surface area contributed by atoms with E-state index in [4.69, 9.17) is 0 Å². The molecule has 1 amide bonds. The van der Waals surface area contributed by atoms with Gasteiger partial charge < -0.3 is 10.6 Å². The van der Waals surface area contributed by atoms with E-state index in [1.165, 1.54) is 24.4 Å². The number of nitrogens with one attached hydrogen (secondary N) is 2. The van der Waals surface area contributed by atoms with Crippen LogP contribution in [0.3, 0.4) is 0 Å². The quantitative estimate of drug-likeness (QED) is 0.882. The van der Waals surface area contributed by atoms with E-state index in [1.807, 2.05) is 20.8 Å².